The zero-order chi connectivity index (χ0) is 17.5. The summed E-state index contributed by atoms with van der Waals surface area (Å²) in [5, 5.41) is 2.40. The van der Waals surface area contributed by atoms with E-state index in [4.69, 9.17) is 9.47 Å². The summed E-state index contributed by atoms with van der Waals surface area (Å²) < 4.78 is 37.3. The van der Waals surface area contributed by atoms with Crippen LogP contribution in [0.25, 0.3) is 0 Å². The predicted molar refractivity (Wildman–Crippen MR) is 87.7 cm³/mol. The summed E-state index contributed by atoms with van der Waals surface area (Å²) in [5.41, 5.74) is 0.182. The van der Waals surface area contributed by atoms with Gasteiger partial charge in [0.25, 0.3) is 5.91 Å². The van der Waals surface area contributed by atoms with E-state index >= 15 is 0 Å². The number of hydrogen-bond acceptors (Lipinski definition) is 3. The lowest BCUT2D eigenvalue weighted by Gasteiger charge is -2.12. The Balaban J connectivity index is 2.14. The van der Waals surface area contributed by atoms with Crippen molar-refractivity contribution < 1.29 is 23.0 Å². The van der Waals surface area contributed by atoms with E-state index in [1.54, 1.807) is 12.1 Å². The largest absolute Gasteiger partial charge is 0.493 e. The van der Waals surface area contributed by atoms with Crippen molar-refractivity contribution in [2.45, 2.75) is 19.8 Å². The number of methoxy groups -OCH3 is 1. The molecule has 0 heterocycles. The zero-order valence-corrected chi connectivity index (χ0v) is 13.6. The van der Waals surface area contributed by atoms with Crippen molar-refractivity contribution in [1.82, 2.24) is 0 Å². The molecule has 0 bridgehead atoms. The lowest BCUT2D eigenvalue weighted by molar-refractivity contribution is 0.102. The van der Waals surface area contributed by atoms with Crippen LogP contribution >= 0.6 is 0 Å². The van der Waals surface area contributed by atoms with Gasteiger partial charge in [0.15, 0.2) is 11.5 Å². The van der Waals surface area contributed by atoms with E-state index < -0.39 is 17.5 Å². The van der Waals surface area contributed by atoms with Crippen LogP contribution in [-0.2, 0) is 0 Å². The van der Waals surface area contributed by atoms with E-state index in [2.05, 4.69) is 12.2 Å². The number of benzene rings is 2. The van der Waals surface area contributed by atoms with E-state index in [9.17, 15) is 13.6 Å². The molecular formula is C18H19F2NO3. The number of unbranched alkanes of at least 4 members (excludes halogenated alkanes) is 1. The Morgan fingerprint density at radius 3 is 2.58 bits per heavy atom. The predicted octanol–water partition coefficient (Wildman–Crippen LogP) is 4.40. The Morgan fingerprint density at radius 2 is 1.92 bits per heavy atom. The topological polar surface area (TPSA) is 47.6 Å². The maximum absolute atomic E-state index is 13.6. The standard InChI is InChI=1S/C18H19F2NO3/c1-3-4-9-24-16-8-5-12(10-17(16)23-2)18(22)21-15-7-6-13(19)11-14(15)20/h5-8,10-11H,3-4,9H2,1-2H3,(H,21,22). The van der Waals surface area contributed by atoms with Gasteiger partial charge in [-0.15, -0.1) is 0 Å². The Bertz CT molecular complexity index is 719. The second-order valence-electron chi connectivity index (χ2n) is 5.15. The molecule has 1 amide bonds. The van der Waals surface area contributed by atoms with Gasteiger partial charge in [0.2, 0.25) is 0 Å². The molecular weight excluding hydrogens is 316 g/mol. The fraction of sp³-hybridized carbons (Fsp3) is 0.278. The molecule has 2 aromatic carbocycles. The highest BCUT2D eigenvalue weighted by molar-refractivity contribution is 6.04. The number of rotatable bonds is 7. The molecule has 2 rings (SSSR count). The summed E-state index contributed by atoms with van der Waals surface area (Å²) >= 11 is 0. The minimum Gasteiger partial charge on any atom is -0.493 e. The Morgan fingerprint density at radius 1 is 1.12 bits per heavy atom. The first-order chi connectivity index (χ1) is 11.5. The van der Waals surface area contributed by atoms with Gasteiger partial charge in [-0.1, -0.05) is 13.3 Å². The van der Waals surface area contributed by atoms with E-state index in [-0.39, 0.29) is 11.3 Å². The van der Waals surface area contributed by atoms with E-state index in [0.29, 0.717) is 24.2 Å². The molecule has 128 valence electrons. The van der Waals surface area contributed by atoms with Crippen LogP contribution in [0.1, 0.15) is 30.1 Å². The van der Waals surface area contributed by atoms with Gasteiger partial charge in [0.05, 0.1) is 19.4 Å². The third-order valence-corrected chi connectivity index (χ3v) is 3.36. The fourth-order valence-corrected chi connectivity index (χ4v) is 2.04. The molecule has 0 radical (unpaired) electrons. The molecule has 0 saturated heterocycles. The molecule has 0 fully saturated rings. The minimum absolute atomic E-state index is 0.0939. The molecule has 0 spiro atoms. The average Bonchev–Trinajstić information content (AvgIpc) is 2.57. The molecule has 0 aliphatic heterocycles. The first kappa shape index (κ1) is 17.7. The molecule has 0 aliphatic carbocycles. The maximum Gasteiger partial charge on any atom is 0.255 e. The molecule has 0 aromatic heterocycles. The molecule has 24 heavy (non-hydrogen) atoms. The monoisotopic (exact) mass is 335 g/mol. The average molecular weight is 335 g/mol. The first-order valence-corrected chi connectivity index (χ1v) is 7.62. The Kier molecular flexibility index (Phi) is 6.12. The molecule has 0 saturated carbocycles. The van der Waals surface area contributed by atoms with Crippen LogP contribution in [0.15, 0.2) is 36.4 Å². The number of ether oxygens (including phenoxy) is 2. The number of amides is 1. The number of anilines is 1. The van der Waals surface area contributed by atoms with Crippen molar-refractivity contribution in [1.29, 1.82) is 0 Å². The van der Waals surface area contributed by atoms with Gasteiger partial charge in [0, 0.05) is 11.6 Å². The lowest BCUT2D eigenvalue weighted by Crippen LogP contribution is -2.13. The van der Waals surface area contributed by atoms with Crippen LogP contribution < -0.4 is 14.8 Å². The van der Waals surface area contributed by atoms with Crippen LogP contribution in [0, 0.1) is 11.6 Å². The summed E-state index contributed by atoms with van der Waals surface area (Å²) in [6.07, 6.45) is 1.92. The Hall–Kier alpha value is -2.63. The molecule has 0 aliphatic rings. The highest BCUT2D eigenvalue weighted by Gasteiger charge is 2.13. The van der Waals surface area contributed by atoms with Gasteiger partial charge < -0.3 is 14.8 Å². The molecule has 6 heteroatoms. The number of hydrogen-bond donors (Lipinski definition) is 1. The zero-order valence-electron chi connectivity index (χ0n) is 13.6. The quantitative estimate of drug-likeness (QED) is 0.763. The van der Waals surface area contributed by atoms with Gasteiger partial charge in [-0.05, 0) is 36.8 Å². The maximum atomic E-state index is 13.6. The van der Waals surface area contributed by atoms with Gasteiger partial charge in [-0.25, -0.2) is 8.78 Å². The molecule has 2 aromatic rings. The number of halogens is 2. The van der Waals surface area contributed by atoms with Crippen molar-refractivity contribution in [3.05, 3.63) is 53.6 Å². The molecule has 0 unspecified atom stereocenters. The molecule has 0 atom stereocenters. The summed E-state index contributed by atoms with van der Waals surface area (Å²) in [6.45, 7) is 2.61. The highest BCUT2D eigenvalue weighted by Crippen LogP contribution is 2.28. The van der Waals surface area contributed by atoms with Gasteiger partial charge in [0.1, 0.15) is 11.6 Å². The molecule has 1 N–H and O–H groups in total. The van der Waals surface area contributed by atoms with Gasteiger partial charge >= 0.3 is 0 Å². The summed E-state index contributed by atoms with van der Waals surface area (Å²) in [4.78, 5) is 12.2. The first-order valence-electron chi connectivity index (χ1n) is 7.62. The second kappa shape index (κ2) is 8.29. The normalized spacial score (nSPS) is 10.3. The summed E-state index contributed by atoms with van der Waals surface area (Å²) in [7, 11) is 1.48. The Labute approximate surface area is 139 Å². The number of carbonyl (C=O) groups excluding carboxylic acids is 1. The summed E-state index contributed by atoms with van der Waals surface area (Å²) in [6, 6.07) is 7.65. The number of nitrogens with one attached hydrogen (secondary N) is 1. The van der Waals surface area contributed by atoms with Crippen LogP contribution in [0.4, 0.5) is 14.5 Å². The van der Waals surface area contributed by atoms with Crippen molar-refractivity contribution in [2.24, 2.45) is 0 Å². The van der Waals surface area contributed by atoms with Crippen molar-refractivity contribution in [2.75, 3.05) is 19.0 Å². The van der Waals surface area contributed by atoms with Gasteiger partial charge in [-0.3, -0.25) is 4.79 Å². The van der Waals surface area contributed by atoms with Crippen molar-refractivity contribution in [3.8, 4) is 11.5 Å². The van der Waals surface area contributed by atoms with Crippen molar-refractivity contribution in [3.63, 3.8) is 0 Å². The van der Waals surface area contributed by atoms with Crippen LogP contribution in [-0.4, -0.2) is 19.6 Å². The van der Waals surface area contributed by atoms with E-state index in [1.165, 1.54) is 19.2 Å². The third-order valence-electron chi connectivity index (χ3n) is 3.36. The van der Waals surface area contributed by atoms with Crippen LogP contribution in [0.3, 0.4) is 0 Å². The molecule has 4 nitrogen and oxygen atoms in total. The summed E-state index contributed by atoms with van der Waals surface area (Å²) in [5.74, 6) is -1.12. The second-order valence-corrected chi connectivity index (χ2v) is 5.15. The fourth-order valence-electron chi connectivity index (χ4n) is 2.04. The lowest BCUT2D eigenvalue weighted by atomic mass is 10.1. The van der Waals surface area contributed by atoms with E-state index in [0.717, 1.165) is 18.9 Å². The third kappa shape index (κ3) is 4.44. The highest BCUT2D eigenvalue weighted by atomic mass is 19.1. The van der Waals surface area contributed by atoms with E-state index in [1.807, 2.05) is 0 Å². The van der Waals surface area contributed by atoms with Crippen LogP contribution in [0.2, 0.25) is 0 Å². The van der Waals surface area contributed by atoms with Gasteiger partial charge in [-0.2, -0.15) is 0 Å². The minimum atomic E-state index is -0.838. The SMILES string of the molecule is CCCCOc1ccc(C(=O)Nc2ccc(F)cc2F)cc1OC. The van der Waals surface area contributed by atoms with Crippen LogP contribution in [0.5, 0.6) is 11.5 Å². The van der Waals surface area contributed by atoms with Crippen molar-refractivity contribution >= 4 is 11.6 Å². The smallest absolute Gasteiger partial charge is 0.255 e. The number of carbonyl (C=O) groups is 1.